The molecule has 2 aromatic carbocycles. The van der Waals surface area contributed by atoms with E-state index >= 15 is 0 Å². The summed E-state index contributed by atoms with van der Waals surface area (Å²) in [7, 11) is 0. The molecule has 0 spiro atoms. The van der Waals surface area contributed by atoms with E-state index in [0.29, 0.717) is 18.5 Å². The number of amides is 3. The van der Waals surface area contributed by atoms with E-state index in [4.69, 9.17) is 16.4 Å². The summed E-state index contributed by atoms with van der Waals surface area (Å²) >= 11 is 6.00. The molecular formula is C24H26ClFN4O3. The second-order valence-electron chi connectivity index (χ2n) is 7.48. The van der Waals surface area contributed by atoms with Crippen molar-refractivity contribution in [2.75, 3.05) is 6.61 Å². The van der Waals surface area contributed by atoms with E-state index in [1.54, 1.807) is 24.4 Å². The molecule has 0 aliphatic carbocycles. The molecular weight excluding hydrogens is 447 g/mol. The van der Waals surface area contributed by atoms with Crippen LogP contribution in [-0.4, -0.2) is 34.5 Å². The lowest BCUT2D eigenvalue weighted by Crippen LogP contribution is -2.51. The number of carbonyl (C=O) groups is 2. The van der Waals surface area contributed by atoms with Gasteiger partial charge in [-0.3, -0.25) is 19.5 Å². The standard InChI is InChI=1S/C24H26ClFN4O3/c1-3-7-21(30(17(2)31)27-14-19-10-6-11-22(26)23(19)25)16-33-28-24(32)29-13-12-18-8-4-5-9-20(18)15-29/h3-6,8-13,21,27H,1,7,14-16H2,2H3,(H,28,32)/t21-/m0/s1. The van der Waals surface area contributed by atoms with Gasteiger partial charge in [0.2, 0.25) is 5.91 Å². The van der Waals surface area contributed by atoms with Crippen molar-refractivity contribution in [1.82, 2.24) is 20.8 Å². The van der Waals surface area contributed by atoms with Crippen molar-refractivity contribution >= 4 is 29.6 Å². The fraction of sp³-hybridized carbons (Fsp3) is 0.250. The quantitative estimate of drug-likeness (QED) is 0.419. The van der Waals surface area contributed by atoms with Crippen LogP contribution in [0.1, 0.15) is 30.0 Å². The fourth-order valence-electron chi connectivity index (χ4n) is 3.44. The zero-order valence-electron chi connectivity index (χ0n) is 18.3. The summed E-state index contributed by atoms with van der Waals surface area (Å²) in [6, 6.07) is 11.4. The SMILES string of the molecule is C=CC[C@@H](CONC(=O)N1C=Cc2ccccc2C1)N(NCc1cccc(F)c1Cl)C(C)=O. The number of carbonyl (C=O) groups excluding carboxylic acids is 2. The van der Waals surface area contributed by atoms with E-state index in [-0.39, 0.29) is 24.1 Å². The molecule has 0 saturated carbocycles. The molecule has 0 saturated heterocycles. The van der Waals surface area contributed by atoms with Crippen LogP contribution in [-0.2, 0) is 22.7 Å². The Hall–Kier alpha value is -3.20. The van der Waals surface area contributed by atoms with Gasteiger partial charge in [-0.25, -0.2) is 20.1 Å². The molecule has 0 aromatic heterocycles. The number of hydrazine groups is 1. The Morgan fingerprint density at radius 1 is 1.30 bits per heavy atom. The Balaban J connectivity index is 1.56. The number of urea groups is 1. The average Bonchev–Trinajstić information content (AvgIpc) is 2.81. The second-order valence-corrected chi connectivity index (χ2v) is 7.85. The van der Waals surface area contributed by atoms with Gasteiger partial charge in [-0.05, 0) is 35.3 Å². The predicted octanol–water partition coefficient (Wildman–Crippen LogP) is 4.40. The molecule has 174 valence electrons. The molecule has 0 radical (unpaired) electrons. The number of nitrogens with one attached hydrogen (secondary N) is 2. The number of rotatable bonds is 9. The normalized spacial score (nSPS) is 13.2. The summed E-state index contributed by atoms with van der Waals surface area (Å²) in [6.07, 6.45) is 5.59. The van der Waals surface area contributed by atoms with Crippen LogP contribution in [0.3, 0.4) is 0 Å². The highest BCUT2D eigenvalue weighted by atomic mass is 35.5. The minimum Gasteiger partial charge on any atom is -0.295 e. The highest BCUT2D eigenvalue weighted by Gasteiger charge is 2.22. The van der Waals surface area contributed by atoms with Gasteiger partial charge in [0, 0.05) is 19.7 Å². The maximum atomic E-state index is 13.7. The zero-order chi connectivity index (χ0) is 23.8. The van der Waals surface area contributed by atoms with E-state index < -0.39 is 17.9 Å². The average molecular weight is 473 g/mol. The van der Waals surface area contributed by atoms with Gasteiger partial charge in [-0.2, -0.15) is 0 Å². The monoisotopic (exact) mass is 472 g/mol. The Bertz CT molecular complexity index is 1050. The fourth-order valence-corrected chi connectivity index (χ4v) is 3.63. The number of hydrogen-bond donors (Lipinski definition) is 2. The van der Waals surface area contributed by atoms with E-state index in [1.165, 1.54) is 22.9 Å². The Kier molecular flexibility index (Phi) is 8.59. The van der Waals surface area contributed by atoms with Crippen LogP contribution in [0.15, 0.2) is 61.3 Å². The molecule has 1 heterocycles. The third-order valence-corrected chi connectivity index (χ3v) is 5.56. The molecule has 0 fully saturated rings. The second kappa shape index (κ2) is 11.6. The summed E-state index contributed by atoms with van der Waals surface area (Å²) in [5.74, 6) is -0.812. The van der Waals surface area contributed by atoms with E-state index in [0.717, 1.165) is 11.1 Å². The van der Waals surface area contributed by atoms with Gasteiger partial charge in [0.1, 0.15) is 5.82 Å². The van der Waals surface area contributed by atoms with Gasteiger partial charge in [0.25, 0.3) is 0 Å². The Morgan fingerprint density at radius 3 is 2.85 bits per heavy atom. The van der Waals surface area contributed by atoms with Crippen LogP contribution in [0.2, 0.25) is 5.02 Å². The molecule has 1 aliphatic rings. The molecule has 2 N–H and O–H groups in total. The molecule has 2 aromatic rings. The van der Waals surface area contributed by atoms with Gasteiger partial charge < -0.3 is 0 Å². The maximum Gasteiger partial charge on any atom is 0.345 e. The number of fused-ring (bicyclic) bond motifs is 1. The number of hydrogen-bond acceptors (Lipinski definition) is 4. The minimum absolute atomic E-state index is 0.00607. The van der Waals surface area contributed by atoms with Crippen molar-refractivity contribution in [2.45, 2.75) is 32.5 Å². The van der Waals surface area contributed by atoms with Crippen molar-refractivity contribution < 1.29 is 18.8 Å². The van der Waals surface area contributed by atoms with E-state index in [9.17, 15) is 14.0 Å². The number of nitrogens with zero attached hydrogens (tertiary/aromatic N) is 2. The lowest BCUT2D eigenvalue weighted by molar-refractivity contribution is -0.137. The molecule has 33 heavy (non-hydrogen) atoms. The molecule has 7 nitrogen and oxygen atoms in total. The Labute approximate surface area is 197 Å². The van der Waals surface area contributed by atoms with Crippen LogP contribution < -0.4 is 10.9 Å². The van der Waals surface area contributed by atoms with Gasteiger partial charge in [0.15, 0.2) is 0 Å². The summed E-state index contributed by atoms with van der Waals surface area (Å²) < 4.78 is 13.7. The smallest absolute Gasteiger partial charge is 0.295 e. The largest absolute Gasteiger partial charge is 0.345 e. The number of hydroxylamine groups is 1. The third kappa shape index (κ3) is 6.41. The summed E-state index contributed by atoms with van der Waals surface area (Å²) in [4.78, 5) is 31.7. The topological polar surface area (TPSA) is 73.9 Å². The van der Waals surface area contributed by atoms with Gasteiger partial charge in [-0.15, -0.1) is 6.58 Å². The van der Waals surface area contributed by atoms with Crippen LogP contribution in [0.5, 0.6) is 0 Å². The van der Waals surface area contributed by atoms with Crippen LogP contribution in [0, 0.1) is 5.82 Å². The number of benzene rings is 2. The first kappa shape index (κ1) is 24.4. The third-order valence-electron chi connectivity index (χ3n) is 5.14. The molecule has 1 atom stereocenters. The lowest BCUT2D eigenvalue weighted by atomic mass is 10.0. The van der Waals surface area contributed by atoms with E-state index in [1.807, 2.05) is 30.3 Å². The Morgan fingerprint density at radius 2 is 2.09 bits per heavy atom. The first-order valence-electron chi connectivity index (χ1n) is 10.4. The lowest BCUT2D eigenvalue weighted by Gasteiger charge is -2.31. The first-order chi connectivity index (χ1) is 15.9. The minimum atomic E-state index is -0.534. The van der Waals surface area contributed by atoms with E-state index in [2.05, 4.69) is 17.5 Å². The maximum absolute atomic E-state index is 13.7. The highest BCUT2D eigenvalue weighted by Crippen LogP contribution is 2.20. The van der Waals surface area contributed by atoms with Crippen molar-refractivity contribution in [3.63, 3.8) is 0 Å². The zero-order valence-corrected chi connectivity index (χ0v) is 19.0. The van der Waals surface area contributed by atoms with Gasteiger partial charge >= 0.3 is 6.03 Å². The van der Waals surface area contributed by atoms with Crippen molar-refractivity contribution in [1.29, 1.82) is 0 Å². The molecule has 3 amide bonds. The van der Waals surface area contributed by atoms with Crippen LogP contribution in [0.4, 0.5) is 9.18 Å². The first-order valence-corrected chi connectivity index (χ1v) is 10.8. The molecule has 0 unspecified atom stereocenters. The predicted molar refractivity (Wildman–Crippen MR) is 125 cm³/mol. The molecule has 1 aliphatic heterocycles. The summed E-state index contributed by atoms with van der Waals surface area (Å²) in [5, 5.41) is 1.36. The van der Waals surface area contributed by atoms with Crippen molar-refractivity contribution in [2.24, 2.45) is 0 Å². The summed E-state index contributed by atoms with van der Waals surface area (Å²) in [5.41, 5.74) is 7.99. The van der Waals surface area contributed by atoms with Crippen molar-refractivity contribution in [3.05, 3.63) is 88.8 Å². The molecule has 9 heteroatoms. The summed E-state index contributed by atoms with van der Waals surface area (Å²) in [6.45, 7) is 5.69. The van der Waals surface area contributed by atoms with Gasteiger partial charge in [-0.1, -0.05) is 54.1 Å². The molecule has 3 rings (SSSR count). The molecule has 0 bridgehead atoms. The number of halogens is 2. The van der Waals surface area contributed by atoms with Crippen molar-refractivity contribution in [3.8, 4) is 0 Å². The van der Waals surface area contributed by atoms with Gasteiger partial charge in [0.05, 0.1) is 24.2 Å². The van der Waals surface area contributed by atoms with Crippen LogP contribution >= 0.6 is 11.6 Å². The highest BCUT2D eigenvalue weighted by molar-refractivity contribution is 6.31. The van der Waals surface area contributed by atoms with Crippen LogP contribution in [0.25, 0.3) is 6.08 Å².